The Morgan fingerprint density at radius 2 is 1.96 bits per heavy atom. The van der Waals surface area contributed by atoms with Crippen LogP contribution >= 0.6 is 0 Å². The van der Waals surface area contributed by atoms with E-state index in [1.807, 2.05) is 26.0 Å². The number of ketones is 2. The Balaban J connectivity index is 2.20. The first-order valence-electron chi connectivity index (χ1n) is 8.87. The van der Waals surface area contributed by atoms with Crippen LogP contribution < -0.4 is 5.32 Å². The largest absolute Gasteiger partial charge is 0.356 e. The molecule has 0 aliphatic heterocycles. The molecule has 2 unspecified atom stereocenters. The summed E-state index contributed by atoms with van der Waals surface area (Å²) >= 11 is 0. The summed E-state index contributed by atoms with van der Waals surface area (Å²) in [7, 11) is 0. The molecule has 0 heterocycles. The lowest BCUT2D eigenvalue weighted by atomic mass is 9.86. The highest BCUT2D eigenvalue weighted by Crippen LogP contribution is 2.37. The van der Waals surface area contributed by atoms with Gasteiger partial charge in [-0.15, -0.1) is 12.5 Å². The van der Waals surface area contributed by atoms with Crippen LogP contribution in [-0.4, -0.2) is 24.0 Å². The standard InChI is InChI=1S/C22H25NO3/c1-5-7-9-23-19(25)13-17-12-18(24)21(22(17)26)20-14(3)10-16(8-6-2)11-15(20)4/h5,10-11,17,21H,1,7,9,12-13H2,2-4H3,(H,23,25). The summed E-state index contributed by atoms with van der Waals surface area (Å²) in [5, 5.41) is 2.76. The molecule has 4 nitrogen and oxygen atoms in total. The predicted octanol–water partition coefficient (Wildman–Crippen LogP) is 3.00. The van der Waals surface area contributed by atoms with Crippen LogP contribution in [0.1, 0.15) is 54.4 Å². The molecule has 1 aromatic carbocycles. The van der Waals surface area contributed by atoms with Gasteiger partial charge in [-0.25, -0.2) is 0 Å². The minimum atomic E-state index is -0.760. The van der Waals surface area contributed by atoms with Gasteiger partial charge in [-0.1, -0.05) is 12.0 Å². The molecule has 4 heteroatoms. The number of hydrogen-bond donors (Lipinski definition) is 1. The Kier molecular flexibility index (Phi) is 6.52. The molecule has 1 aliphatic rings. The maximum atomic E-state index is 12.9. The van der Waals surface area contributed by atoms with Gasteiger partial charge in [0.25, 0.3) is 0 Å². The molecule has 1 aromatic rings. The van der Waals surface area contributed by atoms with Crippen molar-refractivity contribution >= 4 is 17.5 Å². The maximum absolute atomic E-state index is 12.9. The molecular weight excluding hydrogens is 326 g/mol. The molecule has 0 spiro atoms. The number of carbonyl (C=O) groups excluding carboxylic acids is 3. The van der Waals surface area contributed by atoms with E-state index >= 15 is 0 Å². The second-order valence-corrected chi connectivity index (χ2v) is 6.73. The highest BCUT2D eigenvalue weighted by atomic mass is 16.2. The van der Waals surface area contributed by atoms with E-state index in [9.17, 15) is 14.4 Å². The number of aryl methyl sites for hydroxylation is 2. The van der Waals surface area contributed by atoms with E-state index in [4.69, 9.17) is 0 Å². The van der Waals surface area contributed by atoms with Crippen molar-refractivity contribution < 1.29 is 14.4 Å². The molecule has 0 bridgehead atoms. The monoisotopic (exact) mass is 351 g/mol. The summed E-state index contributed by atoms with van der Waals surface area (Å²) in [5.41, 5.74) is 3.44. The van der Waals surface area contributed by atoms with Gasteiger partial charge in [0.05, 0.1) is 0 Å². The first-order chi connectivity index (χ1) is 12.4. The second kappa shape index (κ2) is 8.62. The maximum Gasteiger partial charge on any atom is 0.220 e. The molecule has 0 saturated heterocycles. The van der Waals surface area contributed by atoms with E-state index in [1.165, 1.54) is 0 Å². The zero-order chi connectivity index (χ0) is 19.3. The molecule has 2 rings (SSSR count). The third-order valence-electron chi connectivity index (χ3n) is 4.71. The lowest BCUT2D eigenvalue weighted by Gasteiger charge is -2.16. The molecule has 1 saturated carbocycles. The summed E-state index contributed by atoms with van der Waals surface area (Å²) in [5.74, 6) is 4.14. The Bertz CT molecular complexity index is 787. The summed E-state index contributed by atoms with van der Waals surface area (Å²) in [6, 6.07) is 3.82. The van der Waals surface area contributed by atoms with Crippen molar-refractivity contribution in [2.75, 3.05) is 6.54 Å². The van der Waals surface area contributed by atoms with Gasteiger partial charge in [0.15, 0.2) is 5.78 Å². The van der Waals surface area contributed by atoms with Gasteiger partial charge in [0.1, 0.15) is 11.7 Å². The zero-order valence-corrected chi connectivity index (χ0v) is 15.6. The Labute approximate surface area is 155 Å². The van der Waals surface area contributed by atoms with Gasteiger partial charge in [-0.3, -0.25) is 14.4 Å². The van der Waals surface area contributed by atoms with E-state index in [0.717, 1.165) is 22.3 Å². The lowest BCUT2D eigenvalue weighted by molar-refractivity contribution is -0.128. The minimum Gasteiger partial charge on any atom is -0.356 e. The van der Waals surface area contributed by atoms with Crippen LogP contribution in [0.5, 0.6) is 0 Å². The van der Waals surface area contributed by atoms with Crippen LogP contribution in [-0.2, 0) is 14.4 Å². The van der Waals surface area contributed by atoms with E-state index in [0.29, 0.717) is 13.0 Å². The molecule has 2 atom stereocenters. The third-order valence-corrected chi connectivity index (χ3v) is 4.71. The van der Waals surface area contributed by atoms with Crippen molar-refractivity contribution in [3.05, 3.63) is 47.0 Å². The molecule has 1 aliphatic carbocycles. The van der Waals surface area contributed by atoms with Crippen LogP contribution in [0.3, 0.4) is 0 Å². The number of carbonyl (C=O) groups is 3. The Morgan fingerprint density at radius 1 is 1.31 bits per heavy atom. The smallest absolute Gasteiger partial charge is 0.220 e. The third kappa shape index (κ3) is 4.29. The molecule has 1 amide bonds. The molecule has 1 fully saturated rings. The van der Waals surface area contributed by atoms with Gasteiger partial charge in [0.2, 0.25) is 5.91 Å². The molecule has 1 N–H and O–H groups in total. The lowest BCUT2D eigenvalue weighted by Crippen LogP contribution is -2.28. The van der Waals surface area contributed by atoms with E-state index in [-0.39, 0.29) is 30.3 Å². The van der Waals surface area contributed by atoms with Crippen LogP contribution in [0.2, 0.25) is 0 Å². The predicted molar refractivity (Wildman–Crippen MR) is 102 cm³/mol. The van der Waals surface area contributed by atoms with Crippen molar-refractivity contribution in [3.8, 4) is 11.8 Å². The van der Waals surface area contributed by atoms with Gasteiger partial charge in [-0.2, -0.15) is 0 Å². The summed E-state index contributed by atoms with van der Waals surface area (Å²) < 4.78 is 0. The van der Waals surface area contributed by atoms with E-state index in [1.54, 1.807) is 13.0 Å². The molecule has 0 radical (unpaired) electrons. The van der Waals surface area contributed by atoms with E-state index < -0.39 is 11.8 Å². The normalized spacial score (nSPS) is 19.0. The van der Waals surface area contributed by atoms with E-state index in [2.05, 4.69) is 23.7 Å². The minimum absolute atomic E-state index is 0.0652. The van der Waals surface area contributed by atoms with Crippen LogP contribution in [0.4, 0.5) is 0 Å². The first kappa shape index (κ1) is 19.7. The Morgan fingerprint density at radius 3 is 2.54 bits per heavy atom. The number of nitrogens with one attached hydrogen (secondary N) is 1. The summed E-state index contributed by atoms with van der Waals surface area (Å²) in [4.78, 5) is 37.4. The average molecular weight is 351 g/mol. The number of rotatable bonds is 6. The topological polar surface area (TPSA) is 63.2 Å². The molecule has 136 valence electrons. The fraction of sp³-hybridized carbons (Fsp3) is 0.409. The number of amides is 1. The van der Waals surface area contributed by atoms with Crippen molar-refractivity contribution in [3.63, 3.8) is 0 Å². The fourth-order valence-corrected chi connectivity index (χ4v) is 3.59. The molecule has 0 aromatic heterocycles. The van der Waals surface area contributed by atoms with Crippen molar-refractivity contribution in [1.29, 1.82) is 0 Å². The summed E-state index contributed by atoms with van der Waals surface area (Å²) in [6.45, 7) is 9.68. The van der Waals surface area contributed by atoms with Crippen molar-refractivity contribution in [1.82, 2.24) is 5.32 Å². The SMILES string of the molecule is C=CCCNC(=O)CC1CC(=O)C(c2c(C)cc(C#CC)cc2C)C1=O. The molecular formula is C22H25NO3. The van der Waals surface area contributed by atoms with Crippen LogP contribution in [0, 0.1) is 31.6 Å². The van der Waals surface area contributed by atoms with Crippen molar-refractivity contribution in [2.45, 2.75) is 46.0 Å². The Hall–Kier alpha value is -2.67. The van der Waals surface area contributed by atoms with Gasteiger partial charge >= 0.3 is 0 Å². The quantitative estimate of drug-likeness (QED) is 0.371. The van der Waals surface area contributed by atoms with Gasteiger partial charge in [0, 0.05) is 30.9 Å². The van der Waals surface area contributed by atoms with Crippen LogP contribution in [0.25, 0.3) is 0 Å². The van der Waals surface area contributed by atoms with Crippen molar-refractivity contribution in [2.24, 2.45) is 5.92 Å². The van der Waals surface area contributed by atoms with Gasteiger partial charge in [-0.05, 0) is 56.0 Å². The number of Topliss-reactive ketones (excluding diaryl/α,β-unsaturated/α-hetero) is 2. The highest BCUT2D eigenvalue weighted by molar-refractivity contribution is 6.15. The van der Waals surface area contributed by atoms with Gasteiger partial charge < -0.3 is 5.32 Å². The number of hydrogen-bond acceptors (Lipinski definition) is 3. The highest BCUT2D eigenvalue weighted by Gasteiger charge is 2.43. The molecule has 26 heavy (non-hydrogen) atoms. The zero-order valence-electron chi connectivity index (χ0n) is 15.6. The fourth-order valence-electron chi connectivity index (χ4n) is 3.59. The van der Waals surface area contributed by atoms with Crippen LogP contribution in [0.15, 0.2) is 24.8 Å². The average Bonchev–Trinajstić information content (AvgIpc) is 2.82. The number of benzene rings is 1. The first-order valence-corrected chi connectivity index (χ1v) is 8.87. The summed E-state index contributed by atoms with van der Waals surface area (Å²) in [6.07, 6.45) is 2.60. The second-order valence-electron chi connectivity index (χ2n) is 6.73.